The van der Waals surface area contributed by atoms with Gasteiger partial charge in [0, 0.05) is 17.0 Å². The molecule has 0 saturated heterocycles. The van der Waals surface area contributed by atoms with Gasteiger partial charge in [-0.2, -0.15) is 0 Å². The second-order valence-corrected chi connectivity index (χ2v) is 5.39. The lowest BCUT2D eigenvalue weighted by Crippen LogP contribution is -2.48. The van der Waals surface area contributed by atoms with Crippen molar-refractivity contribution in [3.8, 4) is 5.75 Å². The van der Waals surface area contributed by atoms with Crippen LogP contribution in [0, 0.1) is 5.82 Å². The second-order valence-electron chi connectivity index (χ2n) is 4.83. The van der Waals surface area contributed by atoms with Gasteiger partial charge in [-0.05, 0) is 31.7 Å². The molecule has 3 rings (SSSR count). The van der Waals surface area contributed by atoms with Crippen molar-refractivity contribution in [1.29, 1.82) is 0 Å². The number of carbonyl (C=O) groups is 1. The average molecular weight is 314 g/mol. The number of benzene rings is 1. The third kappa shape index (κ3) is 1.72. The highest BCUT2D eigenvalue weighted by molar-refractivity contribution is 9.08. The van der Waals surface area contributed by atoms with Crippen molar-refractivity contribution in [3.63, 3.8) is 0 Å². The number of amides is 1. The molecule has 1 aliphatic carbocycles. The number of ether oxygens (including phenoxy) is 1. The van der Waals surface area contributed by atoms with Crippen LogP contribution in [0.4, 0.5) is 10.1 Å². The van der Waals surface area contributed by atoms with Crippen molar-refractivity contribution >= 4 is 27.5 Å². The number of fused-ring (bicyclic) bond motifs is 1. The van der Waals surface area contributed by atoms with Crippen LogP contribution in [0.3, 0.4) is 0 Å². The lowest BCUT2D eigenvalue weighted by Gasteiger charge is -2.34. The van der Waals surface area contributed by atoms with Gasteiger partial charge in [0.2, 0.25) is 0 Å². The highest BCUT2D eigenvalue weighted by atomic mass is 79.9. The Bertz CT molecular complexity index is 512. The van der Waals surface area contributed by atoms with E-state index >= 15 is 0 Å². The minimum atomic E-state index is -0.768. The fraction of sp³-hybridized carbons (Fsp3) is 0.462. The maximum atomic E-state index is 13.7. The molecule has 0 atom stereocenters. The fourth-order valence-corrected chi connectivity index (χ4v) is 3.08. The minimum absolute atomic E-state index is 0.0976. The molecular weight excluding hydrogens is 301 g/mol. The molecule has 1 saturated carbocycles. The summed E-state index contributed by atoms with van der Waals surface area (Å²) in [5.74, 6) is 0.0354. The Hall–Kier alpha value is -1.10. The van der Waals surface area contributed by atoms with E-state index < -0.39 is 5.60 Å². The summed E-state index contributed by atoms with van der Waals surface area (Å²) in [7, 11) is 0. The van der Waals surface area contributed by atoms with Crippen molar-refractivity contribution < 1.29 is 13.9 Å². The number of nitrogens with one attached hydrogen (secondary N) is 1. The first kappa shape index (κ1) is 12.0. The van der Waals surface area contributed by atoms with Crippen LogP contribution >= 0.6 is 15.9 Å². The monoisotopic (exact) mass is 313 g/mol. The summed E-state index contributed by atoms with van der Waals surface area (Å²) < 4.78 is 19.5. The van der Waals surface area contributed by atoms with Crippen molar-refractivity contribution in [1.82, 2.24) is 0 Å². The van der Waals surface area contributed by atoms with E-state index in [4.69, 9.17) is 4.74 Å². The number of rotatable bonds is 1. The van der Waals surface area contributed by atoms with E-state index in [2.05, 4.69) is 21.2 Å². The Morgan fingerprint density at radius 1 is 1.39 bits per heavy atom. The third-order valence-corrected chi connectivity index (χ3v) is 4.28. The van der Waals surface area contributed by atoms with E-state index in [-0.39, 0.29) is 11.7 Å². The van der Waals surface area contributed by atoms with Crippen LogP contribution in [-0.2, 0) is 10.1 Å². The van der Waals surface area contributed by atoms with Crippen molar-refractivity contribution in [2.75, 3.05) is 5.32 Å². The van der Waals surface area contributed by atoms with Gasteiger partial charge >= 0.3 is 0 Å². The maximum Gasteiger partial charge on any atom is 0.268 e. The zero-order valence-electron chi connectivity index (χ0n) is 9.76. The predicted molar refractivity (Wildman–Crippen MR) is 69.5 cm³/mol. The van der Waals surface area contributed by atoms with Gasteiger partial charge in [0.25, 0.3) is 5.91 Å². The normalized spacial score (nSPS) is 20.4. The summed E-state index contributed by atoms with van der Waals surface area (Å²) in [5, 5.41) is 3.25. The highest BCUT2D eigenvalue weighted by Crippen LogP contribution is 2.42. The number of hydrogen-bond donors (Lipinski definition) is 1. The lowest BCUT2D eigenvalue weighted by molar-refractivity contribution is -0.131. The maximum absolute atomic E-state index is 13.7. The van der Waals surface area contributed by atoms with E-state index in [1.54, 1.807) is 6.07 Å². The summed E-state index contributed by atoms with van der Waals surface area (Å²) in [6.07, 6.45) is 3.37. The number of carbonyl (C=O) groups excluding carboxylic acids is 1. The van der Waals surface area contributed by atoms with Gasteiger partial charge in [0.1, 0.15) is 11.6 Å². The zero-order valence-corrected chi connectivity index (χ0v) is 11.3. The number of halogens is 2. The van der Waals surface area contributed by atoms with Gasteiger partial charge in [-0.25, -0.2) is 4.39 Å². The molecule has 0 bridgehead atoms. The molecule has 1 amide bonds. The molecule has 1 aliphatic heterocycles. The van der Waals surface area contributed by atoms with Crippen LogP contribution in [0.1, 0.15) is 31.2 Å². The largest absolute Gasteiger partial charge is 0.475 e. The predicted octanol–water partition coefficient (Wildman–Crippen LogP) is 3.36. The summed E-state index contributed by atoms with van der Waals surface area (Å²) in [5.41, 5.74) is 0.309. The fourth-order valence-electron chi connectivity index (χ4n) is 2.65. The SMILES string of the molecule is O=C1Nc2cc(CBr)c(F)cc2OC12CCCC2. The highest BCUT2D eigenvalue weighted by Gasteiger charge is 2.46. The molecule has 1 heterocycles. The lowest BCUT2D eigenvalue weighted by atomic mass is 9.98. The molecule has 1 spiro atoms. The van der Waals surface area contributed by atoms with Crippen LogP contribution in [0.5, 0.6) is 5.75 Å². The van der Waals surface area contributed by atoms with E-state index in [1.165, 1.54) is 6.07 Å². The van der Waals surface area contributed by atoms with Crippen molar-refractivity contribution in [2.24, 2.45) is 0 Å². The zero-order chi connectivity index (χ0) is 12.8. The van der Waals surface area contributed by atoms with E-state index in [0.717, 1.165) is 12.8 Å². The van der Waals surface area contributed by atoms with E-state index in [1.807, 2.05) is 0 Å². The van der Waals surface area contributed by atoms with Crippen molar-refractivity contribution in [3.05, 3.63) is 23.5 Å². The van der Waals surface area contributed by atoms with Gasteiger partial charge in [-0.1, -0.05) is 15.9 Å². The van der Waals surface area contributed by atoms with E-state index in [0.29, 0.717) is 35.2 Å². The molecule has 0 aromatic heterocycles. The molecular formula is C13H13BrFNO2. The first-order valence-electron chi connectivity index (χ1n) is 6.03. The molecule has 96 valence electrons. The molecule has 1 aromatic rings. The van der Waals surface area contributed by atoms with Gasteiger partial charge in [-0.15, -0.1) is 0 Å². The number of anilines is 1. The third-order valence-electron chi connectivity index (χ3n) is 3.67. The summed E-state index contributed by atoms with van der Waals surface area (Å²) in [4.78, 5) is 12.1. The van der Waals surface area contributed by atoms with Gasteiger partial charge in [-0.3, -0.25) is 4.79 Å². The quantitative estimate of drug-likeness (QED) is 0.807. The summed E-state index contributed by atoms with van der Waals surface area (Å²) >= 11 is 3.22. The molecule has 18 heavy (non-hydrogen) atoms. The second kappa shape index (κ2) is 4.23. The van der Waals surface area contributed by atoms with Gasteiger partial charge < -0.3 is 10.1 Å². The number of alkyl halides is 1. The molecule has 1 fully saturated rings. The van der Waals surface area contributed by atoms with Gasteiger partial charge in [0.15, 0.2) is 5.60 Å². The van der Waals surface area contributed by atoms with Crippen LogP contribution in [0.2, 0.25) is 0 Å². The molecule has 3 nitrogen and oxygen atoms in total. The standard InChI is InChI=1S/C13H13BrFNO2/c14-7-8-5-10-11(6-9(8)15)18-13(12(17)16-10)3-1-2-4-13/h5-6H,1-4,7H2,(H,16,17). The molecule has 2 aliphatic rings. The summed E-state index contributed by atoms with van der Waals surface area (Å²) in [6.45, 7) is 0. The molecule has 0 unspecified atom stereocenters. The average Bonchev–Trinajstić information content (AvgIpc) is 2.80. The first-order valence-corrected chi connectivity index (χ1v) is 7.16. The van der Waals surface area contributed by atoms with Crippen LogP contribution < -0.4 is 10.1 Å². The van der Waals surface area contributed by atoms with Crippen LogP contribution in [-0.4, -0.2) is 11.5 Å². The van der Waals surface area contributed by atoms with Crippen LogP contribution in [0.25, 0.3) is 0 Å². The van der Waals surface area contributed by atoms with Crippen LogP contribution in [0.15, 0.2) is 12.1 Å². The molecule has 1 aromatic carbocycles. The Morgan fingerprint density at radius 2 is 2.11 bits per heavy atom. The van der Waals surface area contributed by atoms with E-state index in [9.17, 15) is 9.18 Å². The summed E-state index contributed by atoms with van der Waals surface area (Å²) in [6, 6.07) is 2.99. The Labute approximate surface area is 113 Å². The number of hydrogen-bond acceptors (Lipinski definition) is 2. The van der Waals surface area contributed by atoms with Crippen molar-refractivity contribution in [2.45, 2.75) is 36.6 Å². The Kier molecular flexibility index (Phi) is 2.81. The first-order chi connectivity index (χ1) is 8.64. The Morgan fingerprint density at radius 3 is 2.78 bits per heavy atom. The smallest absolute Gasteiger partial charge is 0.268 e. The Balaban J connectivity index is 2.02. The minimum Gasteiger partial charge on any atom is -0.475 e. The topological polar surface area (TPSA) is 38.3 Å². The van der Waals surface area contributed by atoms with Gasteiger partial charge in [0.05, 0.1) is 5.69 Å². The molecule has 0 radical (unpaired) electrons. The molecule has 1 N–H and O–H groups in total. The molecule has 5 heteroatoms.